The van der Waals surface area contributed by atoms with Crippen LogP contribution in [-0.2, 0) is 19.1 Å². The number of hydrogen-bond donors (Lipinski definition) is 1. The van der Waals surface area contributed by atoms with Crippen molar-refractivity contribution in [1.82, 2.24) is 10.3 Å². The molecule has 8 heteroatoms. The van der Waals surface area contributed by atoms with Crippen molar-refractivity contribution in [3.8, 4) is 0 Å². The van der Waals surface area contributed by atoms with Gasteiger partial charge in [0, 0.05) is 17.5 Å². The van der Waals surface area contributed by atoms with Crippen molar-refractivity contribution in [2.75, 3.05) is 13.2 Å². The summed E-state index contributed by atoms with van der Waals surface area (Å²) in [5.74, 6) is -2.18. The Kier molecular flexibility index (Phi) is 5.81. The summed E-state index contributed by atoms with van der Waals surface area (Å²) >= 11 is 0. The molecule has 0 aliphatic carbocycles. The highest BCUT2D eigenvalue weighted by molar-refractivity contribution is 5.99. The first-order chi connectivity index (χ1) is 13.9. The van der Waals surface area contributed by atoms with E-state index in [2.05, 4.69) is 10.3 Å². The Morgan fingerprint density at radius 3 is 2.17 bits per heavy atom. The molecule has 0 radical (unpaired) electrons. The predicted molar refractivity (Wildman–Crippen MR) is 105 cm³/mol. The molecule has 0 fully saturated rings. The number of para-hydroxylation sites is 2. The molecular weight excluding hydrogens is 374 g/mol. The van der Waals surface area contributed by atoms with Gasteiger partial charge >= 0.3 is 11.9 Å². The van der Waals surface area contributed by atoms with Crippen LogP contribution in [0.1, 0.15) is 39.3 Å². The van der Waals surface area contributed by atoms with Crippen LogP contribution in [-0.4, -0.2) is 30.1 Å². The number of nitrogens with zero attached hydrogens (tertiary/aromatic N) is 2. The fourth-order valence-corrected chi connectivity index (χ4v) is 3.51. The largest absolute Gasteiger partial charge is 0.618 e. The Morgan fingerprint density at radius 2 is 1.62 bits per heavy atom. The van der Waals surface area contributed by atoms with Crippen molar-refractivity contribution in [2.45, 2.75) is 33.6 Å². The first-order valence-electron chi connectivity index (χ1n) is 9.40. The number of aromatic nitrogens is 2. The van der Waals surface area contributed by atoms with Crippen molar-refractivity contribution >= 4 is 23.0 Å². The van der Waals surface area contributed by atoms with Crippen LogP contribution >= 0.6 is 0 Å². The number of nitrogens with one attached hydrogen (secondary N) is 1. The van der Waals surface area contributed by atoms with Crippen LogP contribution in [0.2, 0.25) is 0 Å². The number of hydrogen-bond acceptors (Lipinski definition) is 7. The summed E-state index contributed by atoms with van der Waals surface area (Å²) in [6, 6.07) is 6.87. The zero-order chi connectivity index (χ0) is 21.1. The van der Waals surface area contributed by atoms with E-state index in [4.69, 9.17) is 9.47 Å². The molecule has 29 heavy (non-hydrogen) atoms. The number of rotatable bonds is 5. The summed E-state index contributed by atoms with van der Waals surface area (Å²) in [6.07, 6.45) is 1.39. The molecule has 1 aromatic carbocycles. The normalized spacial score (nSPS) is 14.8. The lowest BCUT2D eigenvalue weighted by Crippen LogP contribution is -2.41. The van der Waals surface area contributed by atoms with Gasteiger partial charge in [0.05, 0.1) is 30.6 Å². The highest BCUT2D eigenvalue weighted by atomic mass is 16.5. The van der Waals surface area contributed by atoms with E-state index < -0.39 is 17.9 Å². The average Bonchev–Trinajstić information content (AvgIpc) is 2.68. The molecule has 2 aromatic rings. The Labute approximate surface area is 168 Å². The van der Waals surface area contributed by atoms with Crippen LogP contribution in [0.3, 0.4) is 0 Å². The van der Waals surface area contributed by atoms with Gasteiger partial charge in [0.1, 0.15) is 11.4 Å². The van der Waals surface area contributed by atoms with E-state index in [9.17, 15) is 14.8 Å². The van der Waals surface area contributed by atoms with Crippen LogP contribution in [0, 0.1) is 5.21 Å². The van der Waals surface area contributed by atoms with Crippen molar-refractivity contribution in [3.05, 3.63) is 63.9 Å². The minimum absolute atomic E-state index is 0.148. The molecule has 0 saturated heterocycles. The van der Waals surface area contributed by atoms with Crippen LogP contribution < -0.4 is 10.0 Å². The molecule has 152 valence electrons. The Balaban J connectivity index is 2.27. The maximum absolute atomic E-state index is 13.2. The quantitative estimate of drug-likeness (QED) is 0.469. The third kappa shape index (κ3) is 3.65. The zero-order valence-corrected chi connectivity index (χ0v) is 16.8. The molecule has 2 heterocycles. The van der Waals surface area contributed by atoms with E-state index >= 15 is 0 Å². The number of carbonyl (C=O) groups excluding carboxylic acids is 2. The van der Waals surface area contributed by atoms with Gasteiger partial charge in [-0.05, 0) is 33.8 Å². The second-order valence-electron chi connectivity index (χ2n) is 6.54. The smallest absolute Gasteiger partial charge is 0.336 e. The second-order valence-corrected chi connectivity index (χ2v) is 6.54. The topological polar surface area (TPSA) is 104 Å². The lowest BCUT2D eigenvalue weighted by Gasteiger charge is -2.29. The Bertz CT molecular complexity index is 1000. The molecule has 1 aliphatic heterocycles. The summed E-state index contributed by atoms with van der Waals surface area (Å²) in [7, 11) is 0. The molecule has 0 bridgehead atoms. The highest BCUT2D eigenvalue weighted by Crippen LogP contribution is 2.38. The van der Waals surface area contributed by atoms with Crippen molar-refractivity contribution in [1.29, 1.82) is 0 Å². The summed E-state index contributed by atoms with van der Waals surface area (Å²) in [4.78, 5) is 29.9. The van der Waals surface area contributed by atoms with Gasteiger partial charge in [-0.1, -0.05) is 12.1 Å². The monoisotopic (exact) mass is 397 g/mol. The maximum Gasteiger partial charge on any atom is 0.336 e. The lowest BCUT2D eigenvalue weighted by atomic mass is 9.83. The van der Waals surface area contributed by atoms with Gasteiger partial charge in [-0.3, -0.25) is 0 Å². The van der Waals surface area contributed by atoms with E-state index in [1.807, 2.05) is 0 Å². The summed E-state index contributed by atoms with van der Waals surface area (Å²) in [5, 5.41) is 16.2. The molecule has 0 saturated carbocycles. The fourth-order valence-electron chi connectivity index (χ4n) is 3.51. The predicted octanol–water partition coefficient (Wildman–Crippen LogP) is 2.23. The molecule has 0 amide bonds. The maximum atomic E-state index is 13.2. The first-order valence-corrected chi connectivity index (χ1v) is 9.40. The van der Waals surface area contributed by atoms with Gasteiger partial charge in [0.25, 0.3) is 0 Å². The highest BCUT2D eigenvalue weighted by Gasteiger charge is 2.42. The number of dihydropyridines is 1. The fraction of sp³-hybridized carbons (Fsp3) is 0.333. The van der Waals surface area contributed by atoms with Crippen LogP contribution in [0.5, 0.6) is 0 Å². The van der Waals surface area contributed by atoms with Crippen LogP contribution in [0.4, 0.5) is 0 Å². The molecular formula is C21H23N3O5. The molecule has 1 aliphatic rings. The molecule has 1 N–H and O–H groups in total. The van der Waals surface area contributed by atoms with Crippen molar-refractivity contribution < 1.29 is 23.8 Å². The summed E-state index contributed by atoms with van der Waals surface area (Å²) in [6.45, 7) is 7.11. The molecule has 3 rings (SSSR count). The zero-order valence-electron chi connectivity index (χ0n) is 16.8. The SMILES string of the molecule is CCOC(=O)C1=C(C)NC(C)=C(C(=O)OCC)C1c1cnc2ccccc2[n+]1[O-]. The molecule has 1 aromatic heterocycles. The van der Waals surface area contributed by atoms with E-state index in [1.165, 1.54) is 6.20 Å². The summed E-state index contributed by atoms with van der Waals surface area (Å²) in [5.41, 5.74) is 2.38. The Hall–Kier alpha value is -3.42. The van der Waals surface area contributed by atoms with Gasteiger partial charge in [-0.2, -0.15) is 4.73 Å². The molecule has 8 nitrogen and oxygen atoms in total. The number of benzene rings is 1. The third-order valence-electron chi connectivity index (χ3n) is 4.72. The average molecular weight is 397 g/mol. The van der Waals surface area contributed by atoms with E-state index in [0.29, 0.717) is 27.2 Å². The number of ether oxygens (including phenoxy) is 2. The van der Waals surface area contributed by atoms with E-state index in [0.717, 1.165) is 0 Å². The van der Waals surface area contributed by atoms with Crippen LogP contribution in [0.25, 0.3) is 11.0 Å². The van der Waals surface area contributed by atoms with Gasteiger partial charge in [-0.25, -0.2) is 14.6 Å². The minimum atomic E-state index is -0.969. The third-order valence-corrected chi connectivity index (χ3v) is 4.72. The van der Waals surface area contributed by atoms with Crippen LogP contribution in [0.15, 0.2) is 53.0 Å². The molecule has 0 spiro atoms. The van der Waals surface area contributed by atoms with E-state index in [-0.39, 0.29) is 30.1 Å². The van der Waals surface area contributed by atoms with Gasteiger partial charge in [0.2, 0.25) is 11.2 Å². The Morgan fingerprint density at radius 1 is 1.07 bits per heavy atom. The minimum Gasteiger partial charge on any atom is -0.618 e. The number of esters is 2. The second kappa shape index (κ2) is 8.30. The van der Waals surface area contributed by atoms with Gasteiger partial charge in [0.15, 0.2) is 0 Å². The number of fused-ring (bicyclic) bond motifs is 1. The van der Waals surface area contributed by atoms with Gasteiger partial charge in [-0.15, -0.1) is 0 Å². The first kappa shape index (κ1) is 20.3. The number of carbonyl (C=O) groups is 2. The number of allylic oxidation sites excluding steroid dienone is 2. The van der Waals surface area contributed by atoms with Crippen molar-refractivity contribution in [3.63, 3.8) is 0 Å². The standard InChI is InChI=1S/C21H23N3O5/c1-5-28-20(25)17-12(3)23-13(4)18(21(26)29-6-2)19(17)16-11-22-14-9-7-8-10-15(14)24(16)27/h7-11,19,23H,5-6H2,1-4H3. The summed E-state index contributed by atoms with van der Waals surface area (Å²) < 4.78 is 11.1. The van der Waals surface area contributed by atoms with Crippen molar-refractivity contribution in [2.24, 2.45) is 0 Å². The van der Waals surface area contributed by atoms with Gasteiger partial charge < -0.3 is 20.0 Å². The lowest BCUT2D eigenvalue weighted by molar-refractivity contribution is -0.587. The molecule has 0 unspecified atom stereocenters. The molecule has 0 atom stereocenters. The van der Waals surface area contributed by atoms with E-state index in [1.54, 1.807) is 52.0 Å².